The van der Waals surface area contributed by atoms with Crippen molar-refractivity contribution in [2.75, 3.05) is 4.90 Å². The predicted octanol–water partition coefficient (Wildman–Crippen LogP) is 5.04. The fraction of sp³-hybridized carbons (Fsp3) is 0.267. The van der Waals surface area contributed by atoms with Crippen molar-refractivity contribution in [3.05, 3.63) is 93.9 Å². The number of hydrogen-bond donors (Lipinski definition) is 1. The molecule has 1 N–H and O–H groups in total. The fourth-order valence-corrected chi connectivity index (χ4v) is 5.12. The number of carbonyl (C=O) groups is 1. The number of aromatic amines is 1. The molecule has 9 nitrogen and oxygen atoms in total. The van der Waals surface area contributed by atoms with Crippen molar-refractivity contribution in [2.45, 2.75) is 46.9 Å². The molecule has 41 heavy (non-hydrogen) atoms. The van der Waals surface area contributed by atoms with Gasteiger partial charge < -0.3 is 14.6 Å². The third-order valence-corrected chi connectivity index (χ3v) is 6.92. The van der Waals surface area contributed by atoms with Crippen LogP contribution in [-0.4, -0.2) is 36.3 Å². The Morgan fingerprint density at radius 2 is 1.83 bits per heavy atom. The summed E-state index contributed by atoms with van der Waals surface area (Å²) in [5, 5.41) is 7.55. The van der Waals surface area contributed by atoms with Gasteiger partial charge in [0.2, 0.25) is 5.91 Å². The molecule has 0 atom stereocenters. The summed E-state index contributed by atoms with van der Waals surface area (Å²) >= 11 is 0. The van der Waals surface area contributed by atoms with Crippen molar-refractivity contribution in [1.82, 2.24) is 24.3 Å². The topological polar surface area (TPSA) is 98.0 Å². The van der Waals surface area contributed by atoms with E-state index in [1.165, 1.54) is 50.7 Å². The number of H-pyrrole nitrogens is 1. The van der Waals surface area contributed by atoms with E-state index >= 15 is 4.39 Å². The molecule has 212 valence electrons. The molecule has 2 aromatic heterocycles. The summed E-state index contributed by atoms with van der Waals surface area (Å²) in [6, 6.07) is 12.3. The Balaban J connectivity index is 1.54. The maximum absolute atomic E-state index is 15.3. The van der Waals surface area contributed by atoms with Gasteiger partial charge in [0.25, 0.3) is 0 Å². The largest absolute Gasteiger partial charge is 0.482 e. The van der Waals surface area contributed by atoms with Gasteiger partial charge in [0.1, 0.15) is 25.3 Å². The molecule has 0 spiro atoms. The van der Waals surface area contributed by atoms with E-state index in [1.807, 2.05) is 32.9 Å². The summed E-state index contributed by atoms with van der Waals surface area (Å²) < 4.78 is 37.4. The molecule has 0 bridgehead atoms. The van der Waals surface area contributed by atoms with Crippen LogP contribution in [0.15, 0.2) is 59.7 Å². The van der Waals surface area contributed by atoms with Crippen LogP contribution in [-0.2, 0) is 25.0 Å². The van der Waals surface area contributed by atoms with Crippen LogP contribution in [0.4, 0.5) is 14.5 Å². The first kappa shape index (κ1) is 27.8. The number of nitrogens with one attached hydrogen (secondary N) is 1. The molecule has 5 aromatic rings. The molecule has 1 amide bonds. The summed E-state index contributed by atoms with van der Waals surface area (Å²) in [4.78, 5) is 31.4. The molecule has 0 unspecified atom stereocenters. The van der Waals surface area contributed by atoms with Gasteiger partial charge in [-0.25, -0.2) is 13.6 Å². The number of nitrogens with zero attached hydrogens (tertiary/aromatic N) is 5. The van der Waals surface area contributed by atoms with Gasteiger partial charge in [-0.3, -0.25) is 13.9 Å². The second-order valence-electron chi connectivity index (χ2n) is 10.3. The van der Waals surface area contributed by atoms with E-state index in [-0.39, 0.29) is 36.5 Å². The fourth-order valence-electron chi connectivity index (χ4n) is 5.12. The Bertz CT molecular complexity index is 1770. The number of rotatable bonds is 8. The average molecular weight is 561 g/mol. The number of amides is 1. The SMILES string of the molecule is Cc1cc(-c2cc(C)c(OCc3nnc[nH]3)c(F)c2)c2c(c1)n(CC(=O)N(c1ccc(F)cc1)C(C)C)c(=O)n2C. The smallest absolute Gasteiger partial charge is 0.329 e. The van der Waals surface area contributed by atoms with Gasteiger partial charge in [-0.15, -0.1) is 10.2 Å². The lowest BCUT2D eigenvalue weighted by Gasteiger charge is -2.27. The minimum Gasteiger partial charge on any atom is -0.482 e. The summed E-state index contributed by atoms with van der Waals surface area (Å²) in [7, 11) is 1.63. The van der Waals surface area contributed by atoms with E-state index in [0.717, 1.165) is 5.56 Å². The monoisotopic (exact) mass is 560 g/mol. The van der Waals surface area contributed by atoms with Gasteiger partial charge in [0.15, 0.2) is 17.4 Å². The minimum absolute atomic E-state index is 0.0303. The zero-order valence-corrected chi connectivity index (χ0v) is 23.4. The molecule has 0 saturated carbocycles. The van der Waals surface area contributed by atoms with Gasteiger partial charge >= 0.3 is 5.69 Å². The molecule has 11 heteroatoms. The van der Waals surface area contributed by atoms with Crippen molar-refractivity contribution in [1.29, 1.82) is 0 Å². The molecule has 5 rings (SSSR count). The first-order valence-electron chi connectivity index (χ1n) is 13.1. The molecule has 0 aliphatic heterocycles. The van der Waals surface area contributed by atoms with E-state index in [9.17, 15) is 14.0 Å². The van der Waals surface area contributed by atoms with Crippen LogP contribution >= 0.6 is 0 Å². The molecular formula is C30H30F2N6O3. The van der Waals surface area contributed by atoms with Gasteiger partial charge in [-0.05, 0) is 92.9 Å². The van der Waals surface area contributed by atoms with Gasteiger partial charge in [-0.1, -0.05) is 0 Å². The highest BCUT2D eigenvalue weighted by atomic mass is 19.1. The number of hydrogen-bond acceptors (Lipinski definition) is 5. The number of anilines is 1. The molecule has 3 aromatic carbocycles. The Labute approximate surface area is 235 Å². The second-order valence-corrected chi connectivity index (χ2v) is 10.3. The maximum atomic E-state index is 15.3. The zero-order chi connectivity index (χ0) is 29.4. The van der Waals surface area contributed by atoms with Crippen LogP contribution in [0.25, 0.3) is 22.2 Å². The molecule has 2 heterocycles. The molecular weight excluding hydrogens is 530 g/mol. The normalized spacial score (nSPS) is 11.4. The van der Waals surface area contributed by atoms with Crippen molar-refractivity contribution in [2.24, 2.45) is 7.05 Å². The van der Waals surface area contributed by atoms with Crippen LogP contribution < -0.4 is 15.3 Å². The number of imidazole rings is 1. The molecule has 0 fully saturated rings. The summed E-state index contributed by atoms with van der Waals surface area (Å²) in [6.45, 7) is 7.13. The van der Waals surface area contributed by atoms with Gasteiger partial charge in [0, 0.05) is 24.3 Å². The number of benzene rings is 3. The van der Waals surface area contributed by atoms with E-state index in [1.54, 1.807) is 20.0 Å². The summed E-state index contributed by atoms with van der Waals surface area (Å²) in [6.07, 6.45) is 1.42. The maximum Gasteiger partial charge on any atom is 0.329 e. The van der Waals surface area contributed by atoms with E-state index in [2.05, 4.69) is 15.2 Å². The molecule has 0 saturated heterocycles. The molecule has 0 radical (unpaired) electrons. The molecule has 0 aliphatic carbocycles. The lowest BCUT2D eigenvalue weighted by Crippen LogP contribution is -2.41. The summed E-state index contributed by atoms with van der Waals surface area (Å²) in [5.74, 6) is -0.713. The minimum atomic E-state index is -0.555. The van der Waals surface area contributed by atoms with Gasteiger partial charge in [0.05, 0.1) is 11.0 Å². The number of ether oxygens (including phenoxy) is 1. The molecule has 0 aliphatic rings. The van der Waals surface area contributed by atoms with Crippen LogP contribution in [0, 0.1) is 25.5 Å². The average Bonchev–Trinajstić information content (AvgIpc) is 3.52. The first-order valence-corrected chi connectivity index (χ1v) is 13.1. The zero-order valence-electron chi connectivity index (χ0n) is 23.4. The number of fused-ring (bicyclic) bond motifs is 1. The third-order valence-electron chi connectivity index (χ3n) is 6.92. The number of aryl methyl sites for hydroxylation is 3. The van der Waals surface area contributed by atoms with Crippen molar-refractivity contribution >= 4 is 22.6 Å². The summed E-state index contributed by atoms with van der Waals surface area (Å²) in [5.41, 5.74) is 3.89. The highest BCUT2D eigenvalue weighted by molar-refractivity contribution is 5.97. The Morgan fingerprint density at radius 3 is 2.46 bits per heavy atom. The van der Waals surface area contributed by atoms with Gasteiger partial charge in [-0.2, -0.15) is 0 Å². The third kappa shape index (κ3) is 5.34. The second kappa shape index (κ2) is 11.0. The predicted molar refractivity (Wildman–Crippen MR) is 152 cm³/mol. The van der Waals surface area contributed by atoms with Crippen LogP contribution in [0.3, 0.4) is 0 Å². The standard InChI is InChI=1S/C30H30F2N6O3/c1-17(2)38(22-8-6-21(31)7-9-22)27(39)14-37-25-11-18(3)10-23(28(25)36(5)30(37)40)20-12-19(4)29(24(32)13-20)41-15-26-33-16-34-35-26/h6-13,16-17H,14-15H2,1-5H3,(H,33,34,35). The van der Waals surface area contributed by atoms with Crippen LogP contribution in [0.2, 0.25) is 0 Å². The highest BCUT2D eigenvalue weighted by Gasteiger charge is 2.24. The van der Waals surface area contributed by atoms with Crippen molar-refractivity contribution < 1.29 is 18.3 Å². The van der Waals surface area contributed by atoms with Crippen molar-refractivity contribution in [3.63, 3.8) is 0 Å². The van der Waals surface area contributed by atoms with Crippen molar-refractivity contribution in [3.8, 4) is 16.9 Å². The Hall–Kier alpha value is -4.80. The quantitative estimate of drug-likeness (QED) is 0.287. The number of halogens is 2. The Morgan fingerprint density at radius 1 is 1.10 bits per heavy atom. The van der Waals surface area contributed by atoms with E-state index in [0.29, 0.717) is 39.2 Å². The van der Waals surface area contributed by atoms with Crippen LogP contribution in [0.5, 0.6) is 5.75 Å². The highest BCUT2D eigenvalue weighted by Crippen LogP contribution is 2.34. The van der Waals surface area contributed by atoms with E-state index < -0.39 is 11.6 Å². The number of aromatic nitrogens is 5. The Kier molecular flexibility index (Phi) is 7.44. The van der Waals surface area contributed by atoms with Crippen LogP contribution in [0.1, 0.15) is 30.8 Å². The van der Waals surface area contributed by atoms with E-state index in [4.69, 9.17) is 4.74 Å². The lowest BCUT2D eigenvalue weighted by molar-refractivity contribution is -0.119. The first-order chi connectivity index (χ1) is 19.5. The lowest BCUT2D eigenvalue weighted by atomic mass is 9.99. The number of carbonyl (C=O) groups excluding carboxylic acids is 1.